The molecule has 0 saturated carbocycles. The van der Waals surface area contributed by atoms with E-state index >= 15 is 0 Å². The molecule has 0 fully saturated rings. The lowest BCUT2D eigenvalue weighted by molar-refractivity contribution is 0.0950. The lowest BCUT2D eigenvalue weighted by Crippen LogP contribution is -2.23. The van der Waals surface area contributed by atoms with Crippen LogP contribution in [0.15, 0.2) is 36.5 Å². The van der Waals surface area contributed by atoms with Crippen LogP contribution >= 0.6 is 11.6 Å². The number of anilines is 1. The van der Waals surface area contributed by atoms with E-state index < -0.39 is 0 Å². The number of carbonyl (C=O) groups is 1. The normalized spacial score (nSPS) is 10.1. The molecule has 0 aliphatic heterocycles. The highest BCUT2D eigenvalue weighted by atomic mass is 35.5. The Morgan fingerprint density at radius 2 is 2.20 bits per heavy atom. The minimum absolute atomic E-state index is 0.248. The Bertz CT molecular complexity index is 632. The number of rotatable bonds is 4. The minimum Gasteiger partial charge on any atom is -0.455 e. The number of ether oxygens (including phenoxy) is 1. The van der Waals surface area contributed by atoms with Crippen molar-refractivity contribution >= 4 is 23.2 Å². The van der Waals surface area contributed by atoms with Crippen molar-refractivity contribution in [2.75, 3.05) is 12.3 Å². The number of hydrogen-bond donors (Lipinski definition) is 2. The topological polar surface area (TPSA) is 77.2 Å². The van der Waals surface area contributed by atoms with Gasteiger partial charge in [-0.2, -0.15) is 0 Å². The molecule has 0 radical (unpaired) electrons. The van der Waals surface area contributed by atoms with Crippen molar-refractivity contribution in [3.05, 3.63) is 47.2 Å². The van der Waals surface area contributed by atoms with Gasteiger partial charge in [0.25, 0.3) is 5.91 Å². The van der Waals surface area contributed by atoms with E-state index in [2.05, 4.69) is 10.3 Å². The van der Waals surface area contributed by atoms with E-state index in [0.29, 0.717) is 28.8 Å². The van der Waals surface area contributed by atoms with Crippen LogP contribution in [-0.4, -0.2) is 17.4 Å². The Morgan fingerprint density at radius 1 is 1.40 bits per heavy atom. The molecule has 1 aromatic carbocycles. The fourth-order valence-electron chi connectivity index (χ4n) is 1.59. The van der Waals surface area contributed by atoms with Crippen LogP contribution in [0.3, 0.4) is 0 Å². The van der Waals surface area contributed by atoms with Gasteiger partial charge < -0.3 is 15.8 Å². The molecule has 104 valence electrons. The lowest BCUT2D eigenvalue weighted by atomic mass is 10.3. The van der Waals surface area contributed by atoms with Crippen LogP contribution in [0.25, 0.3) is 0 Å². The van der Waals surface area contributed by atoms with Gasteiger partial charge in [-0.25, -0.2) is 0 Å². The summed E-state index contributed by atoms with van der Waals surface area (Å²) in [6.07, 6.45) is 1.51. The van der Waals surface area contributed by atoms with Crippen LogP contribution in [0.2, 0.25) is 5.02 Å². The average Bonchev–Trinajstić information content (AvgIpc) is 2.43. The first-order valence-electron chi connectivity index (χ1n) is 6.07. The molecule has 20 heavy (non-hydrogen) atoms. The summed E-state index contributed by atoms with van der Waals surface area (Å²) in [6, 6.07) is 8.15. The molecule has 2 rings (SSSR count). The maximum absolute atomic E-state index is 11.7. The van der Waals surface area contributed by atoms with Crippen molar-refractivity contribution in [1.82, 2.24) is 10.3 Å². The van der Waals surface area contributed by atoms with E-state index in [4.69, 9.17) is 22.1 Å². The third-order valence-corrected chi connectivity index (χ3v) is 2.74. The van der Waals surface area contributed by atoms with Crippen LogP contribution in [0, 0.1) is 0 Å². The highest BCUT2D eigenvalue weighted by Gasteiger charge is 2.08. The lowest BCUT2D eigenvalue weighted by Gasteiger charge is -2.09. The zero-order valence-corrected chi connectivity index (χ0v) is 11.6. The second-order valence-electron chi connectivity index (χ2n) is 4.02. The number of nitrogen functional groups attached to an aromatic ring is 1. The first-order valence-corrected chi connectivity index (χ1v) is 6.45. The molecular weight excluding hydrogens is 278 g/mol. The standard InChI is InChI=1S/C14H14ClN3O2/c1-2-17-14(19)12-8-10(5-6-18-12)20-13-4-3-9(15)7-11(13)16/h3-8H,2,16H2,1H3,(H,17,19). The highest BCUT2D eigenvalue weighted by molar-refractivity contribution is 6.30. The largest absolute Gasteiger partial charge is 0.455 e. The smallest absolute Gasteiger partial charge is 0.270 e. The Hall–Kier alpha value is -2.27. The van der Waals surface area contributed by atoms with Crippen molar-refractivity contribution in [2.24, 2.45) is 0 Å². The number of hydrogen-bond acceptors (Lipinski definition) is 4. The van der Waals surface area contributed by atoms with Crippen LogP contribution in [0.4, 0.5) is 5.69 Å². The summed E-state index contributed by atoms with van der Waals surface area (Å²) < 4.78 is 5.63. The Kier molecular flexibility index (Phi) is 4.42. The monoisotopic (exact) mass is 291 g/mol. The third-order valence-electron chi connectivity index (χ3n) is 2.50. The zero-order chi connectivity index (χ0) is 14.5. The predicted octanol–water partition coefficient (Wildman–Crippen LogP) is 2.86. The average molecular weight is 292 g/mol. The summed E-state index contributed by atoms with van der Waals surface area (Å²) in [6.45, 7) is 2.38. The van der Waals surface area contributed by atoms with Gasteiger partial charge in [0, 0.05) is 23.8 Å². The summed E-state index contributed by atoms with van der Waals surface area (Å²) in [5.74, 6) is 0.708. The van der Waals surface area contributed by atoms with Gasteiger partial charge >= 0.3 is 0 Å². The molecule has 0 atom stereocenters. The van der Waals surface area contributed by atoms with Gasteiger partial charge in [0.05, 0.1) is 5.69 Å². The summed E-state index contributed by atoms with van der Waals surface area (Å²) in [5, 5.41) is 3.21. The van der Waals surface area contributed by atoms with Crippen LogP contribution < -0.4 is 15.8 Å². The molecule has 0 unspecified atom stereocenters. The Labute approximate surface area is 121 Å². The van der Waals surface area contributed by atoms with Gasteiger partial charge in [-0.1, -0.05) is 11.6 Å². The van der Waals surface area contributed by atoms with Crippen molar-refractivity contribution in [3.8, 4) is 11.5 Å². The molecule has 5 nitrogen and oxygen atoms in total. The van der Waals surface area contributed by atoms with Crippen LogP contribution in [0.5, 0.6) is 11.5 Å². The van der Waals surface area contributed by atoms with Gasteiger partial charge in [0.15, 0.2) is 0 Å². The van der Waals surface area contributed by atoms with E-state index in [9.17, 15) is 4.79 Å². The Morgan fingerprint density at radius 3 is 2.90 bits per heavy atom. The fraction of sp³-hybridized carbons (Fsp3) is 0.143. The molecule has 0 spiro atoms. The maximum atomic E-state index is 11.7. The number of aromatic nitrogens is 1. The number of nitrogens with one attached hydrogen (secondary N) is 1. The summed E-state index contributed by atoms with van der Waals surface area (Å²) in [5.41, 5.74) is 6.52. The summed E-state index contributed by atoms with van der Waals surface area (Å²) in [4.78, 5) is 15.7. The molecular formula is C14H14ClN3O2. The van der Waals surface area contributed by atoms with Gasteiger partial charge in [0.2, 0.25) is 0 Å². The van der Waals surface area contributed by atoms with Crippen molar-refractivity contribution in [2.45, 2.75) is 6.92 Å². The van der Waals surface area contributed by atoms with Gasteiger partial charge in [-0.05, 0) is 31.2 Å². The third kappa shape index (κ3) is 3.39. The van der Waals surface area contributed by atoms with E-state index in [1.165, 1.54) is 6.20 Å². The minimum atomic E-state index is -0.248. The van der Waals surface area contributed by atoms with E-state index in [0.717, 1.165) is 0 Å². The number of pyridine rings is 1. The quantitative estimate of drug-likeness (QED) is 0.849. The number of carbonyl (C=O) groups excluding carboxylic acids is 1. The molecule has 1 amide bonds. The molecule has 3 N–H and O–H groups in total. The molecule has 2 aromatic rings. The first-order chi connectivity index (χ1) is 9.60. The Balaban J connectivity index is 2.21. The number of nitrogens with two attached hydrogens (primary N) is 1. The number of halogens is 1. The molecule has 0 aliphatic rings. The van der Waals surface area contributed by atoms with Gasteiger partial charge in [-0.3, -0.25) is 9.78 Å². The molecule has 0 bridgehead atoms. The SMILES string of the molecule is CCNC(=O)c1cc(Oc2ccc(Cl)cc2N)ccn1. The molecule has 6 heteroatoms. The van der Waals surface area contributed by atoms with Gasteiger partial charge in [-0.15, -0.1) is 0 Å². The van der Waals surface area contributed by atoms with E-state index in [1.54, 1.807) is 30.3 Å². The highest BCUT2D eigenvalue weighted by Crippen LogP contribution is 2.29. The summed E-state index contributed by atoms with van der Waals surface area (Å²) >= 11 is 5.82. The number of amides is 1. The van der Waals surface area contributed by atoms with Gasteiger partial charge in [0.1, 0.15) is 17.2 Å². The molecule has 0 aliphatic carbocycles. The van der Waals surface area contributed by atoms with Crippen molar-refractivity contribution < 1.29 is 9.53 Å². The second-order valence-corrected chi connectivity index (χ2v) is 4.46. The molecule has 1 heterocycles. The maximum Gasteiger partial charge on any atom is 0.270 e. The van der Waals surface area contributed by atoms with E-state index in [-0.39, 0.29) is 11.6 Å². The number of nitrogens with zero attached hydrogens (tertiary/aromatic N) is 1. The molecule has 1 aromatic heterocycles. The number of benzene rings is 1. The van der Waals surface area contributed by atoms with Crippen molar-refractivity contribution in [1.29, 1.82) is 0 Å². The first kappa shape index (κ1) is 14.1. The van der Waals surface area contributed by atoms with E-state index in [1.807, 2.05) is 6.92 Å². The van der Waals surface area contributed by atoms with Crippen LogP contribution in [-0.2, 0) is 0 Å². The fourth-order valence-corrected chi connectivity index (χ4v) is 1.77. The van der Waals surface area contributed by atoms with Crippen molar-refractivity contribution in [3.63, 3.8) is 0 Å². The predicted molar refractivity (Wildman–Crippen MR) is 78.2 cm³/mol. The second kappa shape index (κ2) is 6.25. The zero-order valence-electron chi connectivity index (χ0n) is 10.9. The van der Waals surface area contributed by atoms with Crippen LogP contribution in [0.1, 0.15) is 17.4 Å². The molecule has 0 saturated heterocycles. The summed E-state index contributed by atoms with van der Waals surface area (Å²) in [7, 11) is 0.